The van der Waals surface area contributed by atoms with E-state index >= 15 is 0 Å². The Labute approximate surface area is 165 Å². The number of aliphatic carboxylic acids is 1. The van der Waals surface area contributed by atoms with Gasteiger partial charge in [-0.25, -0.2) is 13.2 Å². The molecule has 3 heterocycles. The summed E-state index contributed by atoms with van der Waals surface area (Å²) >= 11 is 0. The van der Waals surface area contributed by atoms with Crippen LogP contribution in [0.25, 0.3) is 0 Å². The van der Waals surface area contributed by atoms with E-state index in [2.05, 4.69) is 4.98 Å². The number of ether oxygens (including phenoxy) is 1. The molecule has 1 aromatic rings. The molecule has 2 aliphatic rings. The van der Waals surface area contributed by atoms with Gasteiger partial charge in [0, 0.05) is 32.3 Å². The molecule has 0 bridgehead atoms. The molecular weight excluding hydrogens is 417 g/mol. The van der Waals surface area contributed by atoms with E-state index in [0.717, 1.165) is 5.56 Å². The Morgan fingerprint density at radius 2 is 1.93 bits per heavy atom. The number of likely N-dealkylation sites (tertiary alicyclic amines) is 1. The highest BCUT2D eigenvalue weighted by Crippen LogP contribution is 2.45. The molecule has 0 saturated carbocycles. The van der Waals surface area contributed by atoms with Crippen molar-refractivity contribution in [2.75, 3.05) is 32.6 Å². The van der Waals surface area contributed by atoms with Crippen molar-refractivity contribution in [3.05, 3.63) is 29.6 Å². The molecule has 0 aliphatic carbocycles. The van der Waals surface area contributed by atoms with Gasteiger partial charge < -0.3 is 14.7 Å². The van der Waals surface area contributed by atoms with Gasteiger partial charge in [-0.2, -0.15) is 13.2 Å². The van der Waals surface area contributed by atoms with E-state index in [1.807, 2.05) is 13.0 Å². The lowest BCUT2D eigenvalue weighted by molar-refractivity contribution is -0.192. The number of pyridine rings is 1. The van der Waals surface area contributed by atoms with E-state index in [0.29, 0.717) is 18.7 Å². The van der Waals surface area contributed by atoms with Gasteiger partial charge in [-0.1, -0.05) is 6.07 Å². The average Bonchev–Trinajstić information content (AvgIpc) is 2.84. The highest BCUT2D eigenvalue weighted by atomic mass is 32.2. The van der Waals surface area contributed by atoms with Gasteiger partial charge in [0.25, 0.3) is 5.91 Å². The summed E-state index contributed by atoms with van der Waals surface area (Å²) < 4.78 is 60.9. The summed E-state index contributed by atoms with van der Waals surface area (Å²) in [4.78, 5) is 27.0. The summed E-state index contributed by atoms with van der Waals surface area (Å²) in [5.74, 6) is -2.81. The number of hydrogen-bond donors (Lipinski definition) is 1. The molecule has 3 rings (SSSR count). The number of aryl methyl sites for hydroxylation is 1. The smallest absolute Gasteiger partial charge is 0.475 e. The molecule has 29 heavy (non-hydrogen) atoms. The first kappa shape index (κ1) is 23.1. The maximum absolute atomic E-state index is 12.4. The number of alkyl halides is 3. The van der Waals surface area contributed by atoms with Gasteiger partial charge >= 0.3 is 12.1 Å². The van der Waals surface area contributed by atoms with Gasteiger partial charge in [0.2, 0.25) is 0 Å². The first-order valence-electron chi connectivity index (χ1n) is 8.57. The third kappa shape index (κ3) is 4.69. The molecule has 1 spiro atoms. The first-order chi connectivity index (χ1) is 13.3. The second-order valence-corrected chi connectivity index (χ2v) is 9.46. The second kappa shape index (κ2) is 8.27. The van der Waals surface area contributed by atoms with Crippen molar-refractivity contribution in [3.8, 4) is 0 Å². The molecule has 2 saturated heterocycles. The average molecular weight is 438 g/mol. The van der Waals surface area contributed by atoms with E-state index in [1.54, 1.807) is 24.3 Å². The summed E-state index contributed by atoms with van der Waals surface area (Å²) in [5.41, 5.74) is 1.34. The van der Waals surface area contributed by atoms with Gasteiger partial charge in [0.15, 0.2) is 9.84 Å². The molecule has 12 heteroatoms. The van der Waals surface area contributed by atoms with E-state index < -0.39 is 26.7 Å². The SMILES string of the molecule is COCC1CCS(=O)(=O)C12CN(C(=O)c1ccc(C)cn1)C2.O=C(O)C(F)(F)F. The number of carbonyl (C=O) groups is 2. The van der Waals surface area contributed by atoms with Crippen molar-refractivity contribution < 1.29 is 41.0 Å². The number of rotatable bonds is 3. The standard InChI is InChI=1S/C15H20N2O4S.C2HF3O2/c1-11-3-4-13(16-7-11)14(18)17-9-15(10-17)12(8-21-2)5-6-22(15,19)20;3-2(4,5)1(6)7/h3-4,7,12H,5-6,8-10H2,1-2H3;(H,6,7). The van der Waals surface area contributed by atoms with Crippen molar-refractivity contribution in [3.63, 3.8) is 0 Å². The van der Waals surface area contributed by atoms with Crippen LogP contribution in [0, 0.1) is 12.8 Å². The molecule has 8 nitrogen and oxygen atoms in total. The van der Waals surface area contributed by atoms with Crippen LogP contribution in [0.3, 0.4) is 0 Å². The van der Waals surface area contributed by atoms with Crippen LogP contribution < -0.4 is 0 Å². The number of methoxy groups -OCH3 is 1. The topological polar surface area (TPSA) is 114 Å². The monoisotopic (exact) mass is 438 g/mol. The fourth-order valence-electron chi connectivity index (χ4n) is 3.41. The van der Waals surface area contributed by atoms with Gasteiger partial charge in [0.05, 0.1) is 12.4 Å². The molecule has 1 N–H and O–H groups in total. The summed E-state index contributed by atoms with van der Waals surface area (Å²) in [6.45, 7) is 2.82. The number of sulfone groups is 1. The zero-order chi connectivity index (χ0) is 22.0. The fraction of sp³-hybridized carbons (Fsp3) is 0.588. The van der Waals surface area contributed by atoms with Crippen LogP contribution in [0.15, 0.2) is 18.3 Å². The van der Waals surface area contributed by atoms with Gasteiger partial charge in [-0.05, 0) is 25.0 Å². The molecule has 2 fully saturated rings. The van der Waals surface area contributed by atoms with Crippen LogP contribution in [-0.4, -0.2) is 78.8 Å². The summed E-state index contributed by atoms with van der Waals surface area (Å²) in [7, 11) is -1.59. The van der Waals surface area contributed by atoms with Crippen molar-refractivity contribution in [2.45, 2.75) is 24.3 Å². The molecule has 1 aromatic heterocycles. The molecule has 2 aliphatic heterocycles. The van der Waals surface area contributed by atoms with Gasteiger partial charge in [-0.3, -0.25) is 9.78 Å². The molecule has 1 atom stereocenters. The highest BCUT2D eigenvalue weighted by Gasteiger charge is 2.62. The Hall–Kier alpha value is -2.21. The molecule has 0 aromatic carbocycles. The van der Waals surface area contributed by atoms with Gasteiger partial charge in [0.1, 0.15) is 10.4 Å². The van der Waals surface area contributed by atoms with Crippen LogP contribution in [0.5, 0.6) is 0 Å². The predicted molar refractivity (Wildman–Crippen MR) is 95.1 cm³/mol. The molecule has 1 amide bonds. The minimum Gasteiger partial charge on any atom is -0.475 e. The van der Waals surface area contributed by atoms with Crippen molar-refractivity contribution >= 4 is 21.7 Å². The third-order valence-electron chi connectivity index (χ3n) is 5.04. The van der Waals surface area contributed by atoms with Crippen LogP contribution >= 0.6 is 0 Å². The minimum atomic E-state index is -5.08. The Morgan fingerprint density at radius 3 is 2.38 bits per heavy atom. The third-order valence-corrected chi connectivity index (χ3v) is 7.65. The van der Waals surface area contributed by atoms with E-state index in [-0.39, 0.29) is 30.7 Å². The Bertz CT molecular complexity index is 864. The van der Waals surface area contributed by atoms with E-state index in [4.69, 9.17) is 14.6 Å². The molecular formula is C17H21F3N2O6S. The van der Waals surface area contributed by atoms with Crippen LogP contribution in [0.1, 0.15) is 22.5 Å². The van der Waals surface area contributed by atoms with E-state index in [1.165, 1.54) is 0 Å². The Balaban J connectivity index is 0.000000370. The number of carboxylic acid groups (broad SMARTS) is 1. The largest absolute Gasteiger partial charge is 0.490 e. The molecule has 0 radical (unpaired) electrons. The molecule has 162 valence electrons. The van der Waals surface area contributed by atoms with Crippen LogP contribution in [0.4, 0.5) is 13.2 Å². The zero-order valence-corrected chi connectivity index (χ0v) is 16.6. The normalized spacial score (nSPS) is 21.8. The summed E-state index contributed by atoms with van der Waals surface area (Å²) in [6.07, 6.45) is -2.83. The zero-order valence-electron chi connectivity index (χ0n) is 15.8. The number of carbonyl (C=O) groups excluding carboxylic acids is 1. The lowest BCUT2D eigenvalue weighted by atomic mass is 9.83. The lowest BCUT2D eigenvalue weighted by Gasteiger charge is -2.49. The van der Waals surface area contributed by atoms with Crippen LogP contribution in [0.2, 0.25) is 0 Å². The maximum atomic E-state index is 12.4. The summed E-state index contributed by atoms with van der Waals surface area (Å²) in [6, 6.07) is 3.51. The van der Waals surface area contributed by atoms with Crippen molar-refractivity contribution in [1.82, 2.24) is 9.88 Å². The fourth-order valence-corrected chi connectivity index (χ4v) is 5.81. The van der Waals surface area contributed by atoms with E-state index in [9.17, 15) is 26.4 Å². The van der Waals surface area contributed by atoms with Crippen molar-refractivity contribution in [2.24, 2.45) is 5.92 Å². The number of hydrogen-bond acceptors (Lipinski definition) is 6. The lowest BCUT2D eigenvalue weighted by Crippen LogP contribution is -2.68. The second-order valence-electron chi connectivity index (χ2n) is 7.01. The summed E-state index contributed by atoms with van der Waals surface area (Å²) in [5, 5.41) is 7.12. The molecule has 1 unspecified atom stereocenters. The maximum Gasteiger partial charge on any atom is 0.490 e. The predicted octanol–water partition coefficient (Wildman–Crippen LogP) is 1.30. The quantitative estimate of drug-likeness (QED) is 0.757. The van der Waals surface area contributed by atoms with Crippen molar-refractivity contribution in [1.29, 1.82) is 0 Å². The van der Waals surface area contributed by atoms with Crippen LogP contribution in [-0.2, 0) is 19.4 Å². The number of nitrogens with zero attached hydrogens (tertiary/aromatic N) is 2. The Morgan fingerprint density at radius 1 is 1.34 bits per heavy atom. The number of aromatic nitrogens is 1. The first-order valence-corrected chi connectivity index (χ1v) is 10.2. The number of halogens is 3. The number of carboxylic acids is 1. The van der Waals surface area contributed by atoms with Gasteiger partial charge in [-0.15, -0.1) is 0 Å². The number of amides is 1. The Kier molecular flexibility index (Phi) is 6.58. The highest BCUT2D eigenvalue weighted by molar-refractivity contribution is 7.93. The minimum absolute atomic E-state index is 0.0301.